The Kier molecular flexibility index (Phi) is 4.44. The molecule has 0 atom stereocenters. The van der Waals surface area contributed by atoms with Gasteiger partial charge >= 0.3 is 0 Å². The van der Waals surface area contributed by atoms with Gasteiger partial charge in [-0.1, -0.05) is 54.6 Å². The normalized spacial score (nSPS) is 15.5. The van der Waals surface area contributed by atoms with Crippen LogP contribution in [0.3, 0.4) is 0 Å². The molecule has 1 heteroatoms. The van der Waals surface area contributed by atoms with E-state index in [1.807, 2.05) is 6.08 Å². The summed E-state index contributed by atoms with van der Waals surface area (Å²) in [6.07, 6.45) is 7.37. The van der Waals surface area contributed by atoms with Gasteiger partial charge in [-0.2, -0.15) is 0 Å². The molecule has 0 radical (unpaired) electrons. The van der Waals surface area contributed by atoms with Gasteiger partial charge in [0.05, 0.1) is 0 Å². The molecule has 2 N–H and O–H groups in total. The number of hydrogen-bond donors (Lipinski definition) is 1. The van der Waals surface area contributed by atoms with Crippen LogP contribution < -0.4 is 5.73 Å². The number of fused-ring (bicyclic) bond motifs is 2. The highest BCUT2D eigenvalue weighted by molar-refractivity contribution is 5.50. The average molecular weight is 291 g/mol. The van der Waals surface area contributed by atoms with E-state index in [2.05, 4.69) is 55.1 Å². The standard InChI is InChI=1S/C21H25N/c1-2-3-14-21(15-16-22)19-10-6-4-8-17(19)12-13-18-9-5-7-11-20(18)21/h2,4-11H,1,3,12-16,22H2. The lowest BCUT2D eigenvalue weighted by molar-refractivity contribution is 0.444. The number of rotatable bonds is 5. The summed E-state index contributed by atoms with van der Waals surface area (Å²) >= 11 is 0. The molecule has 0 aromatic heterocycles. The van der Waals surface area contributed by atoms with E-state index in [1.54, 1.807) is 0 Å². The quantitative estimate of drug-likeness (QED) is 0.813. The number of benzene rings is 2. The summed E-state index contributed by atoms with van der Waals surface area (Å²) in [4.78, 5) is 0. The molecular formula is C21H25N. The molecule has 0 fully saturated rings. The van der Waals surface area contributed by atoms with E-state index in [4.69, 9.17) is 5.73 Å². The van der Waals surface area contributed by atoms with Crippen LogP contribution in [0.2, 0.25) is 0 Å². The second kappa shape index (κ2) is 6.50. The molecule has 3 rings (SSSR count). The van der Waals surface area contributed by atoms with Crippen molar-refractivity contribution in [2.24, 2.45) is 5.73 Å². The Morgan fingerprint density at radius 1 is 0.909 bits per heavy atom. The average Bonchev–Trinajstić information content (AvgIpc) is 2.70. The molecule has 1 aliphatic carbocycles. The molecule has 1 nitrogen and oxygen atoms in total. The zero-order valence-electron chi connectivity index (χ0n) is 13.2. The second-order valence-corrected chi connectivity index (χ2v) is 6.26. The van der Waals surface area contributed by atoms with Crippen LogP contribution in [-0.4, -0.2) is 6.54 Å². The number of hydrogen-bond acceptors (Lipinski definition) is 1. The van der Waals surface area contributed by atoms with E-state index in [0.717, 1.165) is 32.1 Å². The van der Waals surface area contributed by atoms with Crippen molar-refractivity contribution < 1.29 is 0 Å². The molecule has 0 aliphatic heterocycles. The first-order valence-corrected chi connectivity index (χ1v) is 8.29. The summed E-state index contributed by atoms with van der Waals surface area (Å²) in [5.41, 5.74) is 12.0. The van der Waals surface area contributed by atoms with Crippen LogP contribution in [0, 0.1) is 0 Å². The monoisotopic (exact) mass is 291 g/mol. The van der Waals surface area contributed by atoms with E-state index < -0.39 is 0 Å². The van der Waals surface area contributed by atoms with Crippen molar-refractivity contribution in [3.63, 3.8) is 0 Å². The second-order valence-electron chi connectivity index (χ2n) is 6.26. The van der Waals surface area contributed by atoms with Crippen molar-refractivity contribution in [2.45, 2.75) is 37.5 Å². The third kappa shape index (κ3) is 2.50. The van der Waals surface area contributed by atoms with Gasteiger partial charge in [0.1, 0.15) is 0 Å². The number of nitrogens with two attached hydrogens (primary N) is 1. The largest absolute Gasteiger partial charge is 0.330 e. The number of allylic oxidation sites excluding steroid dienone is 1. The summed E-state index contributed by atoms with van der Waals surface area (Å²) in [6.45, 7) is 4.65. The van der Waals surface area contributed by atoms with Crippen molar-refractivity contribution in [3.05, 3.63) is 83.4 Å². The Bertz CT molecular complexity index is 609. The van der Waals surface area contributed by atoms with Gasteiger partial charge in [0.15, 0.2) is 0 Å². The maximum absolute atomic E-state index is 6.06. The summed E-state index contributed by atoms with van der Waals surface area (Å²) < 4.78 is 0. The lowest BCUT2D eigenvalue weighted by Crippen LogP contribution is -2.32. The topological polar surface area (TPSA) is 26.0 Å². The molecule has 114 valence electrons. The van der Waals surface area contributed by atoms with E-state index in [-0.39, 0.29) is 5.41 Å². The predicted molar refractivity (Wildman–Crippen MR) is 94.2 cm³/mol. The molecule has 1 aliphatic rings. The van der Waals surface area contributed by atoms with E-state index in [1.165, 1.54) is 22.3 Å². The smallest absolute Gasteiger partial charge is 0.0223 e. The van der Waals surface area contributed by atoms with Crippen LogP contribution in [0.5, 0.6) is 0 Å². The summed E-state index contributed by atoms with van der Waals surface area (Å²) in [5, 5.41) is 0. The fourth-order valence-corrected chi connectivity index (χ4v) is 4.08. The molecule has 2 aromatic carbocycles. The molecule has 0 saturated carbocycles. The fraction of sp³-hybridized carbons (Fsp3) is 0.333. The summed E-state index contributed by atoms with van der Waals surface area (Å²) in [7, 11) is 0. The van der Waals surface area contributed by atoms with Crippen LogP contribution in [-0.2, 0) is 18.3 Å². The Hall–Kier alpha value is -1.86. The molecule has 22 heavy (non-hydrogen) atoms. The maximum atomic E-state index is 6.06. The third-order valence-corrected chi connectivity index (χ3v) is 5.08. The highest BCUT2D eigenvalue weighted by atomic mass is 14.6. The minimum absolute atomic E-state index is 0.0344. The van der Waals surface area contributed by atoms with Gasteiger partial charge in [-0.25, -0.2) is 0 Å². The SMILES string of the molecule is C=CCCC1(CCN)c2ccccc2CCc2ccccc21. The van der Waals surface area contributed by atoms with E-state index >= 15 is 0 Å². The van der Waals surface area contributed by atoms with Crippen LogP contribution >= 0.6 is 0 Å². The van der Waals surface area contributed by atoms with Gasteiger partial charge in [-0.3, -0.25) is 0 Å². The van der Waals surface area contributed by atoms with Crippen molar-refractivity contribution in [2.75, 3.05) is 6.54 Å². The highest BCUT2D eigenvalue weighted by Crippen LogP contribution is 2.45. The molecule has 2 aromatic rings. The van der Waals surface area contributed by atoms with Crippen molar-refractivity contribution in [3.8, 4) is 0 Å². The van der Waals surface area contributed by atoms with Crippen molar-refractivity contribution >= 4 is 0 Å². The number of aryl methyl sites for hydroxylation is 2. The Morgan fingerprint density at radius 3 is 1.95 bits per heavy atom. The van der Waals surface area contributed by atoms with E-state index in [0.29, 0.717) is 6.54 Å². The van der Waals surface area contributed by atoms with E-state index in [9.17, 15) is 0 Å². The van der Waals surface area contributed by atoms with Gasteiger partial charge in [-0.15, -0.1) is 6.58 Å². The van der Waals surface area contributed by atoms with Crippen LogP contribution in [0.25, 0.3) is 0 Å². The lowest BCUT2D eigenvalue weighted by Gasteiger charge is -2.36. The van der Waals surface area contributed by atoms with Gasteiger partial charge in [-0.05, 0) is 60.9 Å². The van der Waals surface area contributed by atoms with Crippen LogP contribution in [0.15, 0.2) is 61.2 Å². The first kappa shape index (κ1) is 15.1. The Balaban J connectivity index is 2.25. The Morgan fingerprint density at radius 2 is 1.45 bits per heavy atom. The predicted octanol–water partition coefficient (Wildman–Crippen LogP) is 4.39. The first-order chi connectivity index (χ1) is 10.8. The minimum atomic E-state index is 0.0344. The highest BCUT2D eigenvalue weighted by Gasteiger charge is 2.37. The van der Waals surface area contributed by atoms with Gasteiger partial charge in [0, 0.05) is 5.41 Å². The van der Waals surface area contributed by atoms with Crippen LogP contribution in [0.1, 0.15) is 41.5 Å². The third-order valence-electron chi connectivity index (χ3n) is 5.08. The molecule has 0 bridgehead atoms. The van der Waals surface area contributed by atoms with Gasteiger partial charge in [0.2, 0.25) is 0 Å². The fourth-order valence-electron chi connectivity index (χ4n) is 4.08. The van der Waals surface area contributed by atoms with Crippen molar-refractivity contribution in [1.29, 1.82) is 0 Å². The molecule has 0 saturated heterocycles. The summed E-state index contributed by atoms with van der Waals surface area (Å²) in [6, 6.07) is 17.9. The Labute approximate surface area is 133 Å². The van der Waals surface area contributed by atoms with Crippen molar-refractivity contribution in [1.82, 2.24) is 0 Å². The van der Waals surface area contributed by atoms with Gasteiger partial charge in [0.25, 0.3) is 0 Å². The molecule has 0 unspecified atom stereocenters. The van der Waals surface area contributed by atoms with Gasteiger partial charge < -0.3 is 5.73 Å². The summed E-state index contributed by atoms with van der Waals surface area (Å²) in [5.74, 6) is 0. The van der Waals surface area contributed by atoms with Crippen LogP contribution in [0.4, 0.5) is 0 Å². The zero-order valence-corrected chi connectivity index (χ0v) is 13.2. The molecular weight excluding hydrogens is 266 g/mol. The molecule has 0 amide bonds. The molecule has 0 spiro atoms. The minimum Gasteiger partial charge on any atom is -0.330 e. The first-order valence-electron chi connectivity index (χ1n) is 8.29. The molecule has 0 heterocycles. The maximum Gasteiger partial charge on any atom is 0.0223 e. The zero-order chi connectivity index (χ0) is 15.4. The lowest BCUT2D eigenvalue weighted by atomic mass is 9.67.